The SMILES string of the molecule is CCCCCSCC(=O)c1ccccc1OCC. The van der Waals surface area contributed by atoms with Gasteiger partial charge in [0.1, 0.15) is 5.75 Å². The molecule has 1 aromatic rings. The number of thioether (sulfide) groups is 1. The molecule has 1 aromatic carbocycles. The van der Waals surface area contributed by atoms with Gasteiger partial charge in [-0.3, -0.25) is 4.79 Å². The van der Waals surface area contributed by atoms with Gasteiger partial charge in [-0.25, -0.2) is 0 Å². The molecular formula is C15H22O2S. The van der Waals surface area contributed by atoms with E-state index in [0.717, 1.165) is 5.75 Å². The van der Waals surface area contributed by atoms with Gasteiger partial charge in [-0.15, -0.1) is 0 Å². The number of hydrogen-bond acceptors (Lipinski definition) is 3. The van der Waals surface area contributed by atoms with Gasteiger partial charge >= 0.3 is 0 Å². The van der Waals surface area contributed by atoms with Crippen LogP contribution in [0, 0.1) is 0 Å². The van der Waals surface area contributed by atoms with Crippen molar-refractivity contribution in [1.29, 1.82) is 0 Å². The van der Waals surface area contributed by atoms with E-state index in [1.54, 1.807) is 11.8 Å². The topological polar surface area (TPSA) is 26.3 Å². The zero-order valence-electron chi connectivity index (χ0n) is 11.3. The van der Waals surface area contributed by atoms with E-state index in [9.17, 15) is 4.79 Å². The highest BCUT2D eigenvalue weighted by atomic mass is 32.2. The molecule has 0 spiro atoms. The standard InChI is InChI=1S/C15H22O2S/c1-3-5-8-11-18-12-14(16)13-9-6-7-10-15(13)17-4-2/h6-7,9-10H,3-5,8,11-12H2,1-2H3. The quantitative estimate of drug-likeness (QED) is 0.495. The van der Waals surface area contributed by atoms with E-state index in [0.29, 0.717) is 23.7 Å². The molecule has 0 aliphatic rings. The maximum absolute atomic E-state index is 12.1. The predicted octanol–water partition coefficient (Wildman–Crippen LogP) is 4.19. The van der Waals surface area contributed by atoms with Gasteiger partial charge in [0.2, 0.25) is 0 Å². The Bertz CT molecular complexity index is 363. The van der Waals surface area contributed by atoms with E-state index in [4.69, 9.17) is 4.74 Å². The van der Waals surface area contributed by atoms with Crippen molar-refractivity contribution in [2.45, 2.75) is 33.1 Å². The smallest absolute Gasteiger partial charge is 0.176 e. The minimum Gasteiger partial charge on any atom is -0.493 e. The normalized spacial score (nSPS) is 10.3. The van der Waals surface area contributed by atoms with Crippen LogP contribution in [0.4, 0.5) is 0 Å². The third kappa shape index (κ3) is 5.13. The zero-order chi connectivity index (χ0) is 13.2. The van der Waals surface area contributed by atoms with Crippen LogP contribution in [0.5, 0.6) is 5.75 Å². The molecule has 0 saturated heterocycles. The van der Waals surface area contributed by atoms with Crippen molar-refractivity contribution in [2.75, 3.05) is 18.1 Å². The minimum absolute atomic E-state index is 0.167. The maximum Gasteiger partial charge on any atom is 0.176 e. The van der Waals surface area contributed by atoms with Crippen LogP contribution in [0.3, 0.4) is 0 Å². The molecule has 2 nitrogen and oxygen atoms in total. The van der Waals surface area contributed by atoms with E-state index in [1.165, 1.54) is 19.3 Å². The average Bonchev–Trinajstić information content (AvgIpc) is 2.39. The first-order valence-corrected chi connectivity index (χ1v) is 7.77. The van der Waals surface area contributed by atoms with Crippen LogP contribution in [-0.4, -0.2) is 23.9 Å². The average molecular weight is 266 g/mol. The van der Waals surface area contributed by atoms with Crippen LogP contribution in [-0.2, 0) is 0 Å². The molecule has 0 amide bonds. The number of ketones is 1. The van der Waals surface area contributed by atoms with Crippen molar-refractivity contribution >= 4 is 17.5 Å². The lowest BCUT2D eigenvalue weighted by molar-refractivity contribution is 0.101. The molecular weight excluding hydrogens is 244 g/mol. The molecule has 0 fully saturated rings. The minimum atomic E-state index is 0.167. The van der Waals surface area contributed by atoms with Crippen LogP contribution < -0.4 is 4.74 Å². The second kappa shape index (κ2) is 9.03. The van der Waals surface area contributed by atoms with Crippen molar-refractivity contribution in [3.63, 3.8) is 0 Å². The number of rotatable bonds is 9. The fourth-order valence-corrected chi connectivity index (χ4v) is 2.57. The lowest BCUT2D eigenvalue weighted by Crippen LogP contribution is -2.06. The third-order valence-corrected chi connectivity index (χ3v) is 3.66. The Morgan fingerprint density at radius 3 is 2.72 bits per heavy atom. The number of carbonyl (C=O) groups is 1. The molecule has 3 heteroatoms. The number of unbranched alkanes of at least 4 members (excludes halogenated alkanes) is 2. The number of ether oxygens (including phenoxy) is 1. The molecule has 0 aliphatic carbocycles. The summed E-state index contributed by atoms with van der Waals surface area (Å²) in [5, 5.41) is 0. The summed E-state index contributed by atoms with van der Waals surface area (Å²) in [5.74, 6) is 2.49. The van der Waals surface area contributed by atoms with Crippen LogP contribution in [0.25, 0.3) is 0 Å². The highest BCUT2D eigenvalue weighted by molar-refractivity contribution is 7.99. The summed E-state index contributed by atoms with van der Waals surface area (Å²) >= 11 is 1.72. The van der Waals surface area contributed by atoms with E-state index < -0.39 is 0 Å². The fourth-order valence-electron chi connectivity index (χ4n) is 1.68. The number of para-hydroxylation sites is 1. The van der Waals surface area contributed by atoms with Crippen LogP contribution in [0.1, 0.15) is 43.5 Å². The van der Waals surface area contributed by atoms with Gasteiger partial charge in [0.15, 0.2) is 5.78 Å². The van der Waals surface area contributed by atoms with E-state index in [2.05, 4.69) is 6.92 Å². The van der Waals surface area contributed by atoms with Crippen molar-refractivity contribution < 1.29 is 9.53 Å². The predicted molar refractivity (Wildman–Crippen MR) is 78.8 cm³/mol. The first-order chi connectivity index (χ1) is 8.79. The van der Waals surface area contributed by atoms with Crippen LogP contribution >= 0.6 is 11.8 Å². The summed E-state index contributed by atoms with van der Waals surface area (Å²) in [6.07, 6.45) is 3.67. The summed E-state index contributed by atoms with van der Waals surface area (Å²) in [7, 11) is 0. The lowest BCUT2D eigenvalue weighted by Gasteiger charge is -2.08. The summed E-state index contributed by atoms with van der Waals surface area (Å²) in [4.78, 5) is 12.1. The first-order valence-electron chi connectivity index (χ1n) is 6.62. The molecule has 1 rings (SSSR count). The van der Waals surface area contributed by atoms with Gasteiger partial charge in [0.25, 0.3) is 0 Å². The van der Waals surface area contributed by atoms with Crippen LogP contribution in [0.15, 0.2) is 24.3 Å². The molecule has 0 unspecified atom stereocenters. The lowest BCUT2D eigenvalue weighted by atomic mass is 10.1. The second-order valence-corrected chi connectivity index (χ2v) is 5.22. The molecule has 0 radical (unpaired) electrons. The Labute approximate surface area is 114 Å². The van der Waals surface area contributed by atoms with E-state index in [1.807, 2.05) is 31.2 Å². The highest BCUT2D eigenvalue weighted by Gasteiger charge is 2.11. The fraction of sp³-hybridized carbons (Fsp3) is 0.533. The highest BCUT2D eigenvalue weighted by Crippen LogP contribution is 2.20. The van der Waals surface area contributed by atoms with Crippen LogP contribution in [0.2, 0.25) is 0 Å². The summed E-state index contributed by atoms with van der Waals surface area (Å²) in [6.45, 7) is 4.71. The Balaban J connectivity index is 2.45. The Morgan fingerprint density at radius 2 is 2.00 bits per heavy atom. The second-order valence-electron chi connectivity index (χ2n) is 4.11. The molecule has 0 saturated carbocycles. The maximum atomic E-state index is 12.1. The summed E-state index contributed by atoms with van der Waals surface area (Å²) < 4.78 is 5.47. The summed E-state index contributed by atoms with van der Waals surface area (Å²) in [6, 6.07) is 7.49. The van der Waals surface area contributed by atoms with Gasteiger partial charge in [0, 0.05) is 0 Å². The molecule has 18 heavy (non-hydrogen) atoms. The number of carbonyl (C=O) groups excluding carboxylic acids is 1. The third-order valence-electron chi connectivity index (χ3n) is 2.61. The monoisotopic (exact) mass is 266 g/mol. The largest absolute Gasteiger partial charge is 0.493 e. The molecule has 0 bridgehead atoms. The van der Waals surface area contributed by atoms with Gasteiger partial charge in [-0.1, -0.05) is 31.9 Å². The van der Waals surface area contributed by atoms with E-state index in [-0.39, 0.29) is 5.78 Å². The van der Waals surface area contributed by atoms with Gasteiger partial charge < -0.3 is 4.74 Å². The van der Waals surface area contributed by atoms with Crippen molar-refractivity contribution in [3.05, 3.63) is 29.8 Å². The van der Waals surface area contributed by atoms with Gasteiger partial charge in [-0.2, -0.15) is 11.8 Å². The molecule has 0 N–H and O–H groups in total. The molecule has 100 valence electrons. The van der Waals surface area contributed by atoms with Gasteiger partial charge in [0.05, 0.1) is 17.9 Å². The Kier molecular flexibility index (Phi) is 7.58. The zero-order valence-corrected chi connectivity index (χ0v) is 12.1. The molecule has 0 aromatic heterocycles. The summed E-state index contributed by atoms with van der Waals surface area (Å²) in [5.41, 5.74) is 0.711. The van der Waals surface area contributed by atoms with Gasteiger partial charge in [-0.05, 0) is 31.2 Å². The first kappa shape index (κ1) is 15.1. The van der Waals surface area contributed by atoms with Crippen molar-refractivity contribution in [3.8, 4) is 5.75 Å². The molecule has 0 aliphatic heterocycles. The number of hydrogen-bond donors (Lipinski definition) is 0. The Hall–Kier alpha value is -0.960. The number of benzene rings is 1. The van der Waals surface area contributed by atoms with Crippen molar-refractivity contribution in [2.24, 2.45) is 0 Å². The van der Waals surface area contributed by atoms with E-state index >= 15 is 0 Å². The molecule has 0 atom stereocenters. The van der Waals surface area contributed by atoms with Crippen molar-refractivity contribution in [1.82, 2.24) is 0 Å². The number of Topliss-reactive ketones (excluding diaryl/α,β-unsaturated/α-hetero) is 1. The Morgan fingerprint density at radius 1 is 1.22 bits per heavy atom. The molecule has 0 heterocycles.